The fourth-order valence-electron chi connectivity index (χ4n) is 4.95. The zero-order valence-corrected chi connectivity index (χ0v) is 24.2. The molecule has 3 aromatic carbocycles. The van der Waals surface area contributed by atoms with Crippen LogP contribution < -0.4 is 4.40 Å². The van der Waals surface area contributed by atoms with Crippen molar-refractivity contribution in [3.05, 3.63) is 83.6 Å². The molecule has 3 heteroatoms. The van der Waals surface area contributed by atoms with Crippen LogP contribution in [0.25, 0.3) is 42.6 Å². The first-order valence-corrected chi connectivity index (χ1v) is 20.3. The topological polar surface area (TPSA) is 12.9 Å². The van der Waals surface area contributed by atoms with Crippen molar-refractivity contribution in [2.75, 3.05) is 0 Å². The molecule has 0 atom stereocenters. The molecule has 34 heavy (non-hydrogen) atoms. The molecule has 2 heterocycles. The molecule has 5 aromatic rings. The first-order chi connectivity index (χ1) is 16.1. The number of aryl methyl sites for hydroxylation is 2. The van der Waals surface area contributed by atoms with Crippen LogP contribution in [0.1, 0.15) is 36.5 Å². The van der Waals surface area contributed by atoms with Crippen LogP contribution in [0.4, 0.5) is 0 Å². The number of hydrogen-bond donors (Lipinski definition) is 0. The molecule has 1 nitrogen and oxygen atoms in total. The second-order valence-corrected chi connectivity index (χ2v) is 22.5. The van der Waals surface area contributed by atoms with Gasteiger partial charge in [0, 0.05) is 0 Å². The Morgan fingerprint density at radius 3 is 2.32 bits per heavy atom. The van der Waals surface area contributed by atoms with Crippen molar-refractivity contribution in [2.24, 2.45) is 0 Å². The maximum atomic E-state index is 4.92. The van der Waals surface area contributed by atoms with E-state index < -0.39 is 13.3 Å². The SMILES string of the molecule is Cc1c[c]([Ge]([CH3])([CH3])[CH3])ccc1-c1sc2c(-c3cc(C(C)C)c4ccccc4c3)nccc2c1C. The zero-order chi connectivity index (χ0) is 24.2. The van der Waals surface area contributed by atoms with E-state index in [4.69, 9.17) is 4.98 Å². The van der Waals surface area contributed by atoms with Crippen LogP contribution in [0, 0.1) is 13.8 Å². The zero-order valence-electron chi connectivity index (χ0n) is 21.3. The fraction of sp³-hybridized carbons (Fsp3) is 0.258. The Morgan fingerprint density at radius 2 is 1.62 bits per heavy atom. The Labute approximate surface area is 210 Å². The molecule has 172 valence electrons. The molecule has 5 rings (SSSR count). The van der Waals surface area contributed by atoms with Crippen LogP contribution >= 0.6 is 11.3 Å². The Kier molecular flexibility index (Phi) is 5.94. The molecule has 0 saturated heterocycles. The van der Waals surface area contributed by atoms with Crippen LogP contribution in [0.2, 0.25) is 17.3 Å². The molecule has 0 bridgehead atoms. The summed E-state index contributed by atoms with van der Waals surface area (Å²) in [6, 6.07) is 22.8. The first kappa shape index (κ1) is 23.3. The number of nitrogens with zero attached hydrogens (tertiary/aromatic N) is 1. The third kappa shape index (κ3) is 4.01. The van der Waals surface area contributed by atoms with Crippen molar-refractivity contribution < 1.29 is 0 Å². The van der Waals surface area contributed by atoms with Gasteiger partial charge in [0.25, 0.3) is 0 Å². The molecule has 0 spiro atoms. The van der Waals surface area contributed by atoms with E-state index in [0.717, 1.165) is 5.69 Å². The van der Waals surface area contributed by atoms with E-state index >= 15 is 0 Å². The van der Waals surface area contributed by atoms with Crippen molar-refractivity contribution in [2.45, 2.75) is 50.9 Å². The number of thiophene rings is 1. The van der Waals surface area contributed by atoms with Gasteiger partial charge in [-0.15, -0.1) is 0 Å². The van der Waals surface area contributed by atoms with E-state index in [1.165, 1.54) is 53.6 Å². The Bertz CT molecular complexity index is 1540. The van der Waals surface area contributed by atoms with E-state index in [-0.39, 0.29) is 0 Å². The van der Waals surface area contributed by atoms with Gasteiger partial charge in [-0.3, -0.25) is 0 Å². The normalized spacial score (nSPS) is 12.2. The van der Waals surface area contributed by atoms with Gasteiger partial charge in [-0.2, -0.15) is 0 Å². The number of aromatic nitrogens is 1. The molecule has 2 aromatic heterocycles. The van der Waals surface area contributed by atoms with Crippen molar-refractivity contribution >= 4 is 49.9 Å². The van der Waals surface area contributed by atoms with Gasteiger partial charge in [-0.25, -0.2) is 0 Å². The van der Waals surface area contributed by atoms with Crippen LogP contribution in [-0.2, 0) is 0 Å². The molecule has 0 unspecified atom stereocenters. The molecule has 0 aliphatic rings. The molecule has 0 aliphatic heterocycles. The summed E-state index contributed by atoms with van der Waals surface area (Å²) >= 11 is 0.0482. The molecule has 0 aliphatic carbocycles. The molecular weight excluding hydrogens is 491 g/mol. The van der Waals surface area contributed by atoms with Gasteiger partial charge < -0.3 is 0 Å². The van der Waals surface area contributed by atoms with E-state index in [1.54, 1.807) is 4.40 Å². The van der Waals surface area contributed by atoms with E-state index in [9.17, 15) is 0 Å². The van der Waals surface area contributed by atoms with Crippen LogP contribution in [0.15, 0.2) is 66.9 Å². The first-order valence-electron chi connectivity index (χ1n) is 12.2. The number of fused-ring (bicyclic) bond motifs is 2. The third-order valence-corrected chi connectivity index (χ3v) is 12.6. The van der Waals surface area contributed by atoms with Gasteiger partial charge in [0.2, 0.25) is 0 Å². The quantitative estimate of drug-likeness (QED) is 0.214. The summed E-state index contributed by atoms with van der Waals surface area (Å²) in [6.07, 6.45) is 1.98. The predicted molar refractivity (Wildman–Crippen MR) is 155 cm³/mol. The minimum absolute atomic E-state index is 0.457. The Morgan fingerprint density at radius 1 is 0.853 bits per heavy atom. The summed E-state index contributed by atoms with van der Waals surface area (Å²) in [5.74, 6) is 7.85. The molecular formula is C31H33GeNS. The van der Waals surface area contributed by atoms with Gasteiger partial charge in [0.15, 0.2) is 0 Å². The molecule has 0 fully saturated rings. The summed E-state index contributed by atoms with van der Waals surface area (Å²) in [6.45, 7) is 9.10. The molecule has 0 radical (unpaired) electrons. The van der Waals surface area contributed by atoms with Crippen LogP contribution in [0.3, 0.4) is 0 Å². The van der Waals surface area contributed by atoms with Crippen molar-refractivity contribution in [1.29, 1.82) is 0 Å². The van der Waals surface area contributed by atoms with Gasteiger partial charge >= 0.3 is 179 Å². The van der Waals surface area contributed by atoms with Crippen LogP contribution in [-0.4, -0.2) is 18.3 Å². The van der Waals surface area contributed by atoms with Gasteiger partial charge in [-0.1, -0.05) is 32.0 Å². The summed E-state index contributed by atoms with van der Waals surface area (Å²) in [7, 11) is 0. The predicted octanol–water partition coefficient (Wildman–Crippen LogP) is 9.07. The summed E-state index contributed by atoms with van der Waals surface area (Å²) in [5.41, 5.74) is 7.81. The third-order valence-electron chi connectivity index (χ3n) is 6.98. The van der Waals surface area contributed by atoms with E-state index in [0.29, 0.717) is 5.92 Å². The number of pyridine rings is 1. The summed E-state index contributed by atoms with van der Waals surface area (Å²) in [5, 5.41) is 3.95. The van der Waals surface area contributed by atoms with Gasteiger partial charge in [-0.05, 0) is 0 Å². The second-order valence-electron chi connectivity index (χ2n) is 10.8. The summed E-state index contributed by atoms with van der Waals surface area (Å²) in [4.78, 5) is 6.29. The molecule has 0 saturated carbocycles. The number of hydrogen-bond acceptors (Lipinski definition) is 2. The number of rotatable bonds is 4. The summed E-state index contributed by atoms with van der Waals surface area (Å²) < 4.78 is 2.86. The Balaban J connectivity index is 1.72. The van der Waals surface area contributed by atoms with Gasteiger partial charge in [0.1, 0.15) is 0 Å². The second kappa shape index (κ2) is 8.66. The minimum atomic E-state index is -1.85. The standard InChI is InChI=1S/C31H33GeNS/c1-19(2)28-18-23(17-22-10-8-9-11-27(22)28)29-31-26(14-15-33-29)21(4)30(34-31)25-13-12-24(16-20(25)3)32(5,6)7/h8-19H,1-7H3. The average Bonchev–Trinajstić information content (AvgIpc) is 3.14. The van der Waals surface area contributed by atoms with E-state index in [2.05, 4.69) is 106 Å². The van der Waals surface area contributed by atoms with Crippen molar-refractivity contribution in [1.82, 2.24) is 4.98 Å². The average molecular weight is 524 g/mol. The monoisotopic (exact) mass is 525 g/mol. The number of benzene rings is 3. The molecule has 0 amide bonds. The van der Waals surface area contributed by atoms with E-state index in [1.807, 2.05) is 17.5 Å². The Hall–Kier alpha value is -2.43. The molecule has 0 N–H and O–H groups in total. The maximum absolute atomic E-state index is 4.92. The van der Waals surface area contributed by atoms with Crippen molar-refractivity contribution in [3.63, 3.8) is 0 Å². The fourth-order valence-corrected chi connectivity index (χ4v) is 8.94. The van der Waals surface area contributed by atoms with Crippen molar-refractivity contribution in [3.8, 4) is 21.7 Å². The van der Waals surface area contributed by atoms with Gasteiger partial charge in [0.05, 0.1) is 0 Å². The van der Waals surface area contributed by atoms with Crippen LogP contribution in [0.5, 0.6) is 0 Å².